The van der Waals surface area contributed by atoms with Crippen LogP contribution in [0, 0.1) is 5.92 Å². The zero-order valence-corrected chi connectivity index (χ0v) is 13.7. The van der Waals surface area contributed by atoms with Gasteiger partial charge >= 0.3 is 0 Å². The van der Waals surface area contributed by atoms with Gasteiger partial charge in [0.15, 0.2) is 11.5 Å². The summed E-state index contributed by atoms with van der Waals surface area (Å²) in [5.41, 5.74) is 0. The van der Waals surface area contributed by atoms with Crippen molar-refractivity contribution in [3.8, 4) is 11.5 Å². The molecule has 1 N–H and O–H groups in total. The predicted molar refractivity (Wildman–Crippen MR) is 87.6 cm³/mol. The normalized spacial score (nSPS) is 27.8. The quantitative estimate of drug-likeness (QED) is 0.898. The predicted octanol–water partition coefficient (Wildman–Crippen LogP) is 3.72. The summed E-state index contributed by atoms with van der Waals surface area (Å²) in [7, 11) is 0. The van der Waals surface area contributed by atoms with E-state index in [1.807, 2.05) is 17.8 Å². The van der Waals surface area contributed by atoms with Gasteiger partial charge in [0.1, 0.15) is 13.2 Å². The van der Waals surface area contributed by atoms with Crippen LogP contribution in [-0.2, 0) is 0 Å². The van der Waals surface area contributed by atoms with Gasteiger partial charge in [0.2, 0.25) is 0 Å². The second-order valence-electron chi connectivity index (χ2n) is 5.96. The van der Waals surface area contributed by atoms with E-state index in [1.165, 1.54) is 24.2 Å². The van der Waals surface area contributed by atoms with Gasteiger partial charge in [0, 0.05) is 16.2 Å². The van der Waals surface area contributed by atoms with E-state index in [-0.39, 0.29) is 0 Å². The van der Waals surface area contributed by atoms with Gasteiger partial charge in [-0.05, 0) is 49.9 Å². The highest BCUT2D eigenvalue weighted by Gasteiger charge is 2.33. The minimum atomic E-state index is 0.657. The molecule has 0 radical (unpaired) electrons. The van der Waals surface area contributed by atoms with Gasteiger partial charge in [-0.1, -0.05) is 13.8 Å². The minimum Gasteiger partial charge on any atom is -0.486 e. The average molecular weight is 307 g/mol. The molecule has 1 fully saturated rings. The molecule has 0 aromatic heterocycles. The number of thioether (sulfide) groups is 1. The Morgan fingerprint density at radius 3 is 2.81 bits per heavy atom. The molecule has 2 aliphatic rings. The maximum atomic E-state index is 5.68. The Kier molecular flexibility index (Phi) is 4.96. The van der Waals surface area contributed by atoms with E-state index in [1.54, 1.807) is 0 Å². The summed E-state index contributed by atoms with van der Waals surface area (Å²) in [6.07, 6.45) is 3.80. The van der Waals surface area contributed by atoms with Crippen molar-refractivity contribution in [2.24, 2.45) is 5.92 Å². The van der Waals surface area contributed by atoms with Crippen LogP contribution in [0.3, 0.4) is 0 Å². The lowest BCUT2D eigenvalue weighted by atomic mass is 10.1. The van der Waals surface area contributed by atoms with E-state index in [4.69, 9.17) is 9.47 Å². The van der Waals surface area contributed by atoms with Crippen molar-refractivity contribution in [3.63, 3.8) is 0 Å². The van der Waals surface area contributed by atoms with Crippen molar-refractivity contribution in [2.45, 2.75) is 49.3 Å². The number of ether oxygens (including phenoxy) is 2. The molecule has 116 valence electrons. The Morgan fingerprint density at radius 2 is 2.00 bits per heavy atom. The first-order chi connectivity index (χ1) is 10.3. The van der Waals surface area contributed by atoms with Crippen molar-refractivity contribution < 1.29 is 9.47 Å². The molecule has 21 heavy (non-hydrogen) atoms. The fourth-order valence-corrected chi connectivity index (χ4v) is 4.51. The molecule has 1 heterocycles. The molecule has 1 saturated carbocycles. The second-order valence-corrected chi connectivity index (χ2v) is 7.27. The van der Waals surface area contributed by atoms with E-state index in [0.29, 0.717) is 24.5 Å². The second kappa shape index (κ2) is 6.93. The van der Waals surface area contributed by atoms with Crippen molar-refractivity contribution >= 4 is 11.8 Å². The van der Waals surface area contributed by atoms with Crippen LogP contribution in [0.2, 0.25) is 0 Å². The number of fused-ring (bicyclic) bond motifs is 1. The molecule has 3 rings (SSSR count). The van der Waals surface area contributed by atoms with Gasteiger partial charge in [-0.2, -0.15) is 0 Å². The number of hydrogen-bond donors (Lipinski definition) is 1. The molecule has 0 saturated heterocycles. The Bertz CT molecular complexity index is 480. The third-order valence-electron chi connectivity index (χ3n) is 4.44. The highest BCUT2D eigenvalue weighted by molar-refractivity contribution is 8.00. The molecule has 1 aromatic rings. The van der Waals surface area contributed by atoms with Gasteiger partial charge in [-0.15, -0.1) is 11.8 Å². The molecule has 3 unspecified atom stereocenters. The molecule has 1 aliphatic heterocycles. The molecule has 3 atom stereocenters. The maximum absolute atomic E-state index is 5.68. The number of benzene rings is 1. The summed E-state index contributed by atoms with van der Waals surface area (Å²) >= 11 is 1.99. The Morgan fingerprint density at radius 1 is 1.19 bits per heavy atom. The van der Waals surface area contributed by atoms with Gasteiger partial charge in [0.25, 0.3) is 0 Å². The minimum absolute atomic E-state index is 0.657. The SMILES string of the molecule is CCCNC1CCC(Sc2ccc3c(c2)OCCO3)C1C. The Hall–Kier alpha value is -0.870. The van der Waals surface area contributed by atoms with E-state index in [9.17, 15) is 0 Å². The van der Waals surface area contributed by atoms with Crippen LogP contribution in [0.15, 0.2) is 23.1 Å². The first kappa shape index (κ1) is 15.0. The molecule has 4 heteroatoms. The summed E-state index contributed by atoms with van der Waals surface area (Å²) in [4.78, 5) is 1.30. The zero-order valence-electron chi connectivity index (χ0n) is 12.9. The largest absolute Gasteiger partial charge is 0.486 e. The van der Waals surface area contributed by atoms with Crippen molar-refractivity contribution in [3.05, 3.63) is 18.2 Å². The van der Waals surface area contributed by atoms with Crippen molar-refractivity contribution in [1.29, 1.82) is 0 Å². The summed E-state index contributed by atoms with van der Waals surface area (Å²) < 4.78 is 11.3. The lowest BCUT2D eigenvalue weighted by molar-refractivity contribution is 0.171. The lowest BCUT2D eigenvalue weighted by Crippen LogP contribution is -2.33. The summed E-state index contributed by atoms with van der Waals surface area (Å²) in [5, 5.41) is 4.38. The number of hydrogen-bond acceptors (Lipinski definition) is 4. The van der Waals surface area contributed by atoms with Crippen LogP contribution < -0.4 is 14.8 Å². The topological polar surface area (TPSA) is 30.5 Å². The standard InChI is InChI=1S/C17H25NO2S/c1-3-8-18-14-5-7-17(12(14)2)21-13-4-6-15-16(11-13)20-10-9-19-15/h4,6,11-12,14,17-18H,3,5,7-10H2,1-2H3. The summed E-state index contributed by atoms with van der Waals surface area (Å²) in [6.45, 7) is 7.06. The molecule has 3 nitrogen and oxygen atoms in total. The van der Waals surface area contributed by atoms with Crippen LogP contribution in [0.5, 0.6) is 11.5 Å². The van der Waals surface area contributed by atoms with Gasteiger partial charge < -0.3 is 14.8 Å². The van der Waals surface area contributed by atoms with Crippen LogP contribution in [0.1, 0.15) is 33.1 Å². The fourth-order valence-electron chi connectivity index (χ4n) is 3.18. The molecule has 0 amide bonds. The molecular formula is C17H25NO2S. The first-order valence-corrected chi connectivity index (χ1v) is 8.95. The van der Waals surface area contributed by atoms with Crippen LogP contribution in [-0.4, -0.2) is 31.1 Å². The highest BCUT2D eigenvalue weighted by Crippen LogP contribution is 2.41. The fraction of sp³-hybridized carbons (Fsp3) is 0.647. The van der Waals surface area contributed by atoms with E-state index in [0.717, 1.165) is 24.0 Å². The monoisotopic (exact) mass is 307 g/mol. The average Bonchev–Trinajstić information content (AvgIpc) is 2.86. The number of rotatable bonds is 5. The third-order valence-corrected chi connectivity index (χ3v) is 5.93. The third kappa shape index (κ3) is 3.49. The summed E-state index contributed by atoms with van der Waals surface area (Å²) in [5.74, 6) is 2.50. The van der Waals surface area contributed by atoms with Crippen LogP contribution >= 0.6 is 11.8 Å². The first-order valence-electron chi connectivity index (χ1n) is 8.07. The molecule has 1 aliphatic carbocycles. The van der Waals surface area contributed by atoms with Crippen LogP contribution in [0.4, 0.5) is 0 Å². The number of nitrogens with one attached hydrogen (secondary N) is 1. The molecular weight excluding hydrogens is 282 g/mol. The Balaban J connectivity index is 1.61. The van der Waals surface area contributed by atoms with Gasteiger partial charge in [-0.25, -0.2) is 0 Å². The smallest absolute Gasteiger partial charge is 0.162 e. The summed E-state index contributed by atoms with van der Waals surface area (Å²) in [6, 6.07) is 7.03. The van der Waals surface area contributed by atoms with Crippen molar-refractivity contribution in [1.82, 2.24) is 5.32 Å². The van der Waals surface area contributed by atoms with E-state index in [2.05, 4.69) is 31.3 Å². The maximum Gasteiger partial charge on any atom is 0.162 e. The Labute approximate surface area is 131 Å². The van der Waals surface area contributed by atoms with Crippen molar-refractivity contribution in [2.75, 3.05) is 19.8 Å². The molecule has 1 aromatic carbocycles. The molecule has 0 spiro atoms. The van der Waals surface area contributed by atoms with Gasteiger partial charge in [-0.3, -0.25) is 0 Å². The molecule has 0 bridgehead atoms. The highest BCUT2D eigenvalue weighted by atomic mass is 32.2. The lowest BCUT2D eigenvalue weighted by Gasteiger charge is -2.22. The zero-order chi connectivity index (χ0) is 14.7. The van der Waals surface area contributed by atoms with E-state index < -0.39 is 0 Å². The van der Waals surface area contributed by atoms with E-state index >= 15 is 0 Å². The van der Waals surface area contributed by atoms with Crippen LogP contribution in [0.25, 0.3) is 0 Å². The van der Waals surface area contributed by atoms with Gasteiger partial charge in [0.05, 0.1) is 0 Å².